The SMILES string of the molecule is CCCCCCCCCOC(=O)CCCCCCCN(CCCCCCCC(=O)OC(CCCCCCCC)CCCCCCCC)C(=O)NCCCCN(C)C. The maximum absolute atomic E-state index is 13.1. The van der Waals surface area contributed by atoms with Gasteiger partial charge in [0.2, 0.25) is 0 Å². The van der Waals surface area contributed by atoms with Crippen LogP contribution in [0.2, 0.25) is 0 Å². The molecule has 0 aromatic rings. The predicted molar refractivity (Wildman–Crippen MR) is 243 cm³/mol. The first kappa shape index (κ1) is 55.2. The third kappa shape index (κ3) is 40.7. The molecule has 0 aliphatic heterocycles. The first-order valence-electron chi connectivity index (χ1n) is 24.9. The Hall–Kier alpha value is -1.83. The fourth-order valence-corrected chi connectivity index (χ4v) is 7.51. The summed E-state index contributed by atoms with van der Waals surface area (Å²) in [6, 6.07) is 0.0581. The van der Waals surface area contributed by atoms with E-state index in [9.17, 15) is 14.4 Å². The number of nitrogens with one attached hydrogen (secondary N) is 1. The van der Waals surface area contributed by atoms with Gasteiger partial charge in [-0.3, -0.25) is 9.59 Å². The molecule has 0 heterocycles. The lowest BCUT2D eigenvalue weighted by Crippen LogP contribution is -2.41. The smallest absolute Gasteiger partial charge is 0.317 e. The van der Waals surface area contributed by atoms with Gasteiger partial charge in [0.05, 0.1) is 6.61 Å². The highest BCUT2D eigenvalue weighted by molar-refractivity contribution is 5.74. The fourth-order valence-electron chi connectivity index (χ4n) is 7.51. The van der Waals surface area contributed by atoms with Crippen LogP contribution in [-0.4, -0.2) is 80.8 Å². The zero-order valence-electron chi connectivity index (χ0n) is 38.8. The highest BCUT2D eigenvalue weighted by Gasteiger charge is 2.15. The zero-order valence-corrected chi connectivity index (χ0v) is 38.8. The van der Waals surface area contributed by atoms with Crippen LogP contribution in [0.4, 0.5) is 4.79 Å². The summed E-state index contributed by atoms with van der Waals surface area (Å²) in [7, 11) is 4.17. The van der Waals surface area contributed by atoms with Crippen LogP contribution in [0, 0.1) is 0 Å². The van der Waals surface area contributed by atoms with Crippen LogP contribution >= 0.6 is 0 Å². The lowest BCUT2D eigenvalue weighted by atomic mass is 10.0. The Labute approximate surface area is 354 Å². The molecule has 8 heteroatoms. The van der Waals surface area contributed by atoms with E-state index in [-0.39, 0.29) is 24.1 Å². The second-order valence-electron chi connectivity index (χ2n) is 17.3. The first-order chi connectivity index (χ1) is 27.8. The van der Waals surface area contributed by atoms with Gasteiger partial charge in [0.15, 0.2) is 0 Å². The molecule has 0 bridgehead atoms. The van der Waals surface area contributed by atoms with Gasteiger partial charge in [-0.1, -0.05) is 162 Å². The van der Waals surface area contributed by atoms with Crippen LogP contribution in [0.3, 0.4) is 0 Å². The molecular formula is C49H97N3O5. The monoisotopic (exact) mass is 808 g/mol. The van der Waals surface area contributed by atoms with Crippen LogP contribution in [0.15, 0.2) is 0 Å². The van der Waals surface area contributed by atoms with Crippen LogP contribution in [0.5, 0.6) is 0 Å². The standard InChI is InChI=1S/C49H97N3O5/c1-6-9-12-15-18-27-36-45-56-47(53)39-30-23-19-25-33-43-52(49(55)50-41-32-35-42-51(4)5)44-34-26-20-24-31-40-48(54)57-46(37-28-21-16-13-10-7-2)38-29-22-17-14-11-8-3/h46H,6-45H2,1-5H3,(H,50,55). The van der Waals surface area contributed by atoms with E-state index in [1.54, 1.807) is 0 Å². The minimum atomic E-state index is -0.0550. The molecule has 0 aliphatic carbocycles. The molecule has 0 aliphatic rings. The Morgan fingerprint density at radius 1 is 0.456 bits per heavy atom. The average molecular weight is 808 g/mol. The van der Waals surface area contributed by atoms with Gasteiger partial charge in [0, 0.05) is 32.5 Å². The largest absolute Gasteiger partial charge is 0.466 e. The van der Waals surface area contributed by atoms with Crippen molar-refractivity contribution >= 4 is 18.0 Å². The van der Waals surface area contributed by atoms with Gasteiger partial charge in [-0.2, -0.15) is 0 Å². The molecule has 1 N–H and O–H groups in total. The summed E-state index contributed by atoms with van der Waals surface area (Å²) >= 11 is 0. The minimum absolute atomic E-state index is 0.0101. The van der Waals surface area contributed by atoms with Crippen molar-refractivity contribution in [3.05, 3.63) is 0 Å². The van der Waals surface area contributed by atoms with E-state index in [2.05, 4.69) is 45.1 Å². The maximum Gasteiger partial charge on any atom is 0.317 e. The van der Waals surface area contributed by atoms with Crippen molar-refractivity contribution in [1.29, 1.82) is 0 Å². The predicted octanol–water partition coefficient (Wildman–Crippen LogP) is 13.7. The highest BCUT2D eigenvalue weighted by Crippen LogP contribution is 2.19. The summed E-state index contributed by atoms with van der Waals surface area (Å²) in [6.07, 6.45) is 39.1. The molecule has 0 saturated carbocycles. The Morgan fingerprint density at radius 3 is 1.35 bits per heavy atom. The number of urea groups is 1. The molecular weight excluding hydrogens is 711 g/mol. The van der Waals surface area contributed by atoms with Crippen molar-refractivity contribution in [2.75, 3.05) is 46.9 Å². The van der Waals surface area contributed by atoms with E-state index >= 15 is 0 Å². The summed E-state index contributed by atoms with van der Waals surface area (Å²) in [5.41, 5.74) is 0. The fraction of sp³-hybridized carbons (Fsp3) is 0.939. The number of unbranched alkanes of at least 4 members (excludes halogenated alkanes) is 25. The number of hydrogen-bond acceptors (Lipinski definition) is 6. The van der Waals surface area contributed by atoms with Gasteiger partial charge >= 0.3 is 18.0 Å². The van der Waals surface area contributed by atoms with E-state index in [0.29, 0.717) is 26.0 Å². The van der Waals surface area contributed by atoms with Crippen molar-refractivity contribution in [3.63, 3.8) is 0 Å². The number of carbonyl (C=O) groups is 3. The van der Waals surface area contributed by atoms with Gasteiger partial charge in [0.25, 0.3) is 0 Å². The van der Waals surface area contributed by atoms with Crippen molar-refractivity contribution in [2.24, 2.45) is 0 Å². The van der Waals surface area contributed by atoms with Gasteiger partial charge in [-0.05, 0) is 91.3 Å². The first-order valence-corrected chi connectivity index (χ1v) is 24.9. The van der Waals surface area contributed by atoms with Gasteiger partial charge in [-0.15, -0.1) is 0 Å². The van der Waals surface area contributed by atoms with Gasteiger partial charge in [-0.25, -0.2) is 4.79 Å². The van der Waals surface area contributed by atoms with E-state index in [4.69, 9.17) is 9.47 Å². The van der Waals surface area contributed by atoms with Gasteiger partial charge in [0.1, 0.15) is 6.10 Å². The molecule has 0 aromatic heterocycles. The van der Waals surface area contributed by atoms with Gasteiger partial charge < -0.3 is 24.6 Å². The second kappa shape index (κ2) is 43.7. The van der Waals surface area contributed by atoms with Crippen LogP contribution in [0.1, 0.15) is 245 Å². The Morgan fingerprint density at radius 2 is 0.860 bits per heavy atom. The summed E-state index contributed by atoms with van der Waals surface area (Å²) in [5, 5.41) is 3.17. The molecule has 0 atom stereocenters. The van der Waals surface area contributed by atoms with Crippen LogP contribution < -0.4 is 5.32 Å². The lowest BCUT2D eigenvalue weighted by molar-refractivity contribution is -0.150. The van der Waals surface area contributed by atoms with Crippen molar-refractivity contribution < 1.29 is 23.9 Å². The van der Waals surface area contributed by atoms with E-state index in [0.717, 1.165) is 122 Å². The molecule has 0 spiro atoms. The van der Waals surface area contributed by atoms with Crippen molar-refractivity contribution in [2.45, 2.75) is 252 Å². The van der Waals surface area contributed by atoms with E-state index in [1.165, 1.54) is 109 Å². The number of ether oxygens (including phenoxy) is 2. The van der Waals surface area contributed by atoms with Crippen LogP contribution in [-0.2, 0) is 19.1 Å². The quantitative estimate of drug-likeness (QED) is 0.0487. The third-order valence-electron chi connectivity index (χ3n) is 11.3. The molecule has 0 fully saturated rings. The number of carbonyl (C=O) groups excluding carboxylic acids is 3. The molecule has 338 valence electrons. The summed E-state index contributed by atoms with van der Waals surface area (Å²) < 4.78 is 11.5. The Kier molecular flexibility index (Phi) is 42.3. The molecule has 0 aromatic carbocycles. The summed E-state index contributed by atoms with van der Waals surface area (Å²) in [6.45, 7) is 10.6. The van der Waals surface area contributed by atoms with E-state index in [1.807, 2.05) is 4.90 Å². The number of esters is 2. The second-order valence-corrected chi connectivity index (χ2v) is 17.3. The molecule has 0 rings (SSSR count). The maximum atomic E-state index is 13.1. The Balaban J connectivity index is 4.44. The van der Waals surface area contributed by atoms with Crippen molar-refractivity contribution in [3.8, 4) is 0 Å². The molecule has 0 unspecified atom stereocenters. The number of hydrogen-bond donors (Lipinski definition) is 1. The molecule has 0 radical (unpaired) electrons. The number of rotatable bonds is 44. The number of nitrogens with zero attached hydrogens (tertiary/aromatic N) is 2. The van der Waals surface area contributed by atoms with Crippen molar-refractivity contribution in [1.82, 2.24) is 15.1 Å². The molecule has 0 saturated heterocycles. The molecule has 57 heavy (non-hydrogen) atoms. The third-order valence-corrected chi connectivity index (χ3v) is 11.3. The topological polar surface area (TPSA) is 88.2 Å². The average Bonchev–Trinajstić information content (AvgIpc) is 3.19. The summed E-state index contributed by atoms with van der Waals surface area (Å²) in [4.78, 5) is 42.3. The normalized spacial score (nSPS) is 11.4. The minimum Gasteiger partial charge on any atom is -0.466 e. The molecule has 8 nitrogen and oxygen atoms in total. The number of amides is 2. The van der Waals surface area contributed by atoms with E-state index < -0.39 is 0 Å². The highest BCUT2D eigenvalue weighted by atomic mass is 16.5. The lowest BCUT2D eigenvalue weighted by Gasteiger charge is -2.23. The zero-order chi connectivity index (χ0) is 41.9. The van der Waals surface area contributed by atoms with Crippen LogP contribution in [0.25, 0.3) is 0 Å². The molecule has 2 amide bonds. The Bertz CT molecular complexity index is 869. The summed E-state index contributed by atoms with van der Waals surface area (Å²) in [5.74, 6) is -0.0651.